The van der Waals surface area contributed by atoms with Crippen molar-refractivity contribution in [2.45, 2.75) is 13.3 Å². The summed E-state index contributed by atoms with van der Waals surface area (Å²) in [5.41, 5.74) is 0.966. The average Bonchev–Trinajstić information content (AvgIpc) is 2.95. The number of rotatable bonds is 4. The Hall–Kier alpha value is -2.64. The Labute approximate surface area is 108 Å². The van der Waals surface area contributed by atoms with E-state index in [0.717, 1.165) is 12.0 Å². The number of hydrogen-bond acceptors (Lipinski definition) is 4. The van der Waals surface area contributed by atoms with Crippen LogP contribution in [0.1, 0.15) is 23.0 Å². The van der Waals surface area contributed by atoms with Gasteiger partial charge in [-0.15, -0.1) is 0 Å². The highest BCUT2D eigenvalue weighted by Gasteiger charge is 2.18. The minimum Gasteiger partial charge on any atom is -0.340 e. The van der Waals surface area contributed by atoms with E-state index in [2.05, 4.69) is 15.5 Å². The summed E-state index contributed by atoms with van der Waals surface area (Å²) < 4.78 is 1.41. The van der Waals surface area contributed by atoms with Gasteiger partial charge < -0.3 is 9.88 Å². The molecule has 0 atom stereocenters. The number of aryl methyl sites for hydroxylation is 2. The van der Waals surface area contributed by atoms with Crippen LogP contribution in [0, 0.1) is 10.1 Å². The predicted molar refractivity (Wildman–Crippen MR) is 68.0 cm³/mol. The summed E-state index contributed by atoms with van der Waals surface area (Å²) in [6.45, 7) is 1.94. The van der Waals surface area contributed by atoms with Crippen LogP contribution in [0.5, 0.6) is 0 Å². The van der Waals surface area contributed by atoms with Crippen molar-refractivity contribution in [2.24, 2.45) is 7.05 Å². The summed E-state index contributed by atoms with van der Waals surface area (Å²) in [6.07, 6.45) is 3.64. The molecule has 0 radical (unpaired) electrons. The quantitative estimate of drug-likeness (QED) is 0.643. The van der Waals surface area contributed by atoms with Crippen LogP contribution in [-0.2, 0) is 13.5 Å². The molecule has 8 nitrogen and oxygen atoms in total. The number of aromatic nitrogens is 3. The van der Waals surface area contributed by atoms with Gasteiger partial charge in [0.25, 0.3) is 11.6 Å². The van der Waals surface area contributed by atoms with Gasteiger partial charge in [-0.3, -0.25) is 20.0 Å². The second kappa shape index (κ2) is 4.92. The molecule has 2 heterocycles. The Morgan fingerprint density at radius 1 is 1.63 bits per heavy atom. The van der Waals surface area contributed by atoms with Crippen molar-refractivity contribution >= 4 is 17.4 Å². The third kappa shape index (κ3) is 2.46. The van der Waals surface area contributed by atoms with Crippen molar-refractivity contribution in [1.29, 1.82) is 0 Å². The number of H-pyrrole nitrogens is 1. The Morgan fingerprint density at radius 3 is 2.95 bits per heavy atom. The molecular formula is C11H13N5O3. The average molecular weight is 263 g/mol. The lowest BCUT2D eigenvalue weighted by Crippen LogP contribution is -2.16. The zero-order valence-corrected chi connectivity index (χ0v) is 10.5. The van der Waals surface area contributed by atoms with E-state index in [1.165, 1.54) is 16.8 Å². The van der Waals surface area contributed by atoms with Crippen LogP contribution < -0.4 is 5.32 Å². The van der Waals surface area contributed by atoms with E-state index in [9.17, 15) is 14.9 Å². The highest BCUT2D eigenvalue weighted by atomic mass is 16.6. The van der Waals surface area contributed by atoms with Gasteiger partial charge in [-0.05, 0) is 6.42 Å². The topological polar surface area (TPSA) is 106 Å². The van der Waals surface area contributed by atoms with E-state index >= 15 is 0 Å². The zero-order valence-electron chi connectivity index (χ0n) is 10.5. The molecule has 0 spiro atoms. The number of aromatic amines is 1. The molecule has 19 heavy (non-hydrogen) atoms. The number of nitro groups is 1. The summed E-state index contributed by atoms with van der Waals surface area (Å²) in [6, 6.07) is 1.23. The second-order valence-electron chi connectivity index (χ2n) is 4.03. The molecule has 1 amide bonds. The zero-order chi connectivity index (χ0) is 14.0. The van der Waals surface area contributed by atoms with Crippen molar-refractivity contribution in [1.82, 2.24) is 14.8 Å². The van der Waals surface area contributed by atoms with Crippen LogP contribution in [0.4, 0.5) is 11.5 Å². The molecule has 0 saturated carbocycles. The standard InChI is InChI=1S/C11H13N5O3/c1-3-7-5-12-14-10(7)13-11(17)9-4-8(16(18)19)6-15(9)2/h4-6H,3H2,1-2H3,(H2,12,13,14,17). The first kappa shape index (κ1) is 12.8. The summed E-state index contributed by atoms with van der Waals surface area (Å²) in [5, 5.41) is 19.8. The van der Waals surface area contributed by atoms with E-state index in [1.54, 1.807) is 13.2 Å². The van der Waals surface area contributed by atoms with Crippen molar-refractivity contribution in [3.8, 4) is 0 Å². The SMILES string of the molecule is CCc1cn[nH]c1NC(=O)c1cc([N+](=O)[O-])cn1C. The molecule has 0 aliphatic heterocycles. The van der Waals surface area contributed by atoms with Crippen LogP contribution in [0.3, 0.4) is 0 Å². The van der Waals surface area contributed by atoms with Crippen LogP contribution in [0.25, 0.3) is 0 Å². The van der Waals surface area contributed by atoms with Gasteiger partial charge in [0, 0.05) is 18.7 Å². The Morgan fingerprint density at radius 2 is 2.37 bits per heavy atom. The van der Waals surface area contributed by atoms with Gasteiger partial charge in [0.2, 0.25) is 0 Å². The summed E-state index contributed by atoms with van der Waals surface area (Å²) in [4.78, 5) is 22.1. The van der Waals surface area contributed by atoms with E-state index < -0.39 is 10.8 Å². The minimum absolute atomic E-state index is 0.118. The maximum atomic E-state index is 12.0. The molecule has 2 N–H and O–H groups in total. The molecule has 0 aliphatic rings. The molecule has 2 aromatic heterocycles. The van der Waals surface area contributed by atoms with Crippen molar-refractivity contribution < 1.29 is 9.72 Å². The first-order valence-electron chi connectivity index (χ1n) is 5.67. The lowest BCUT2D eigenvalue weighted by atomic mass is 10.2. The molecule has 0 aromatic carbocycles. The molecule has 0 aliphatic carbocycles. The fraction of sp³-hybridized carbons (Fsp3) is 0.273. The normalized spacial score (nSPS) is 10.4. The molecule has 2 aromatic rings. The predicted octanol–water partition coefficient (Wildman–Crippen LogP) is 1.47. The number of nitrogens with zero attached hydrogens (tertiary/aromatic N) is 3. The van der Waals surface area contributed by atoms with Gasteiger partial charge in [-0.1, -0.05) is 6.92 Å². The fourth-order valence-corrected chi connectivity index (χ4v) is 1.74. The number of carbonyl (C=O) groups is 1. The van der Waals surface area contributed by atoms with Gasteiger partial charge >= 0.3 is 0 Å². The molecule has 2 rings (SSSR count). The molecule has 100 valence electrons. The molecule has 8 heteroatoms. The first-order valence-corrected chi connectivity index (χ1v) is 5.67. The Kier molecular flexibility index (Phi) is 3.32. The van der Waals surface area contributed by atoms with E-state index in [-0.39, 0.29) is 11.4 Å². The maximum absolute atomic E-state index is 12.0. The smallest absolute Gasteiger partial charge is 0.287 e. The molecular weight excluding hydrogens is 250 g/mol. The molecule has 0 saturated heterocycles. The van der Waals surface area contributed by atoms with Crippen molar-refractivity contribution in [3.05, 3.63) is 39.8 Å². The van der Waals surface area contributed by atoms with Crippen LogP contribution in [0.2, 0.25) is 0 Å². The minimum atomic E-state index is -0.537. The third-order valence-electron chi connectivity index (χ3n) is 2.77. The third-order valence-corrected chi connectivity index (χ3v) is 2.77. The van der Waals surface area contributed by atoms with Crippen molar-refractivity contribution in [2.75, 3.05) is 5.32 Å². The summed E-state index contributed by atoms with van der Waals surface area (Å²) in [7, 11) is 1.58. The highest BCUT2D eigenvalue weighted by Crippen LogP contribution is 2.17. The first-order chi connectivity index (χ1) is 9.02. The molecule has 0 bridgehead atoms. The number of nitrogens with one attached hydrogen (secondary N) is 2. The van der Waals surface area contributed by atoms with E-state index in [0.29, 0.717) is 5.82 Å². The maximum Gasteiger partial charge on any atom is 0.287 e. The number of amides is 1. The fourth-order valence-electron chi connectivity index (χ4n) is 1.74. The van der Waals surface area contributed by atoms with Gasteiger partial charge in [-0.2, -0.15) is 5.10 Å². The van der Waals surface area contributed by atoms with Crippen LogP contribution in [0.15, 0.2) is 18.5 Å². The van der Waals surface area contributed by atoms with Gasteiger partial charge in [0.15, 0.2) is 0 Å². The number of hydrogen-bond donors (Lipinski definition) is 2. The molecule has 0 fully saturated rings. The van der Waals surface area contributed by atoms with Crippen LogP contribution in [-0.4, -0.2) is 25.6 Å². The summed E-state index contributed by atoms with van der Waals surface area (Å²) >= 11 is 0. The largest absolute Gasteiger partial charge is 0.340 e. The lowest BCUT2D eigenvalue weighted by Gasteiger charge is -2.04. The van der Waals surface area contributed by atoms with Gasteiger partial charge in [-0.25, -0.2) is 0 Å². The lowest BCUT2D eigenvalue weighted by molar-refractivity contribution is -0.384. The monoisotopic (exact) mass is 263 g/mol. The van der Waals surface area contributed by atoms with Crippen molar-refractivity contribution in [3.63, 3.8) is 0 Å². The summed E-state index contributed by atoms with van der Waals surface area (Å²) in [5.74, 6) is 0.0888. The molecule has 0 unspecified atom stereocenters. The second-order valence-corrected chi connectivity index (χ2v) is 4.03. The Balaban J connectivity index is 2.23. The van der Waals surface area contributed by atoms with E-state index in [1.807, 2.05) is 6.92 Å². The van der Waals surface area contributed by atoms with Gasteiger partial charge in [0.05, 0.1) is 17.3 Å². The highest BCUT2D eigenvalue weighted by molar-refractivity contribution is 6.03. The van der Waals surface area contributed by atoms with Crippen LogP contribution >= 0.6 is 0 Å². The van der Waals surface area contributed by atoms with Gasteiger partial charge in [0.1, 0.15) is 11.5 Å². The number of anilines is 1. The Bertz CT molecular complexity index is 628. The number of carbonyl (C=O) groups excluding carboxylic acids is 1. The van der Waals surface area contributed by atoms with E-state index in [4.69, 9.17) is 0 Å².